The number of likely N-dealkylation sites (tertiary alicyclic amines) is 1. The lowest BCUT2D eigenvalue weighted by molar-refractivity contribution is -0.138. The summed E-state index contributed by atoms with van der Waals surface area (Å²) in [6, 6.07) is -0.0535. The van der Waals surface area contributed by atoms with Gasteiger partial charge >= 0.3 is 12.0 Å². The second-order valence-electron chi connectivity index (χ2n) is 5.65. The van der Waals surface area contributed by atoms with Gasteiger partial charge in [0.2, 0.25) is 0 Å². The lowest BCUT2D eigenvalue weighted by Gasteiger charge is -2.36. The fourth-order valence-electron chi connectivity index (χ4n) is 2.70. The third-order valence-electron chi connectivity index (χ3n) is 4.01. The fourth-order valence-corrected chi connectivity index (χ4v) is 2.70. The molecule has 2 amide bonds. The maximum atomic E-state index is 12.0. The van der Waals surface area contributed by atoms with Crippen LogP contribution in [0, 0.1) is 5.92 Å². The number of esters is 1. The summed E-state index contributed by atoms with van der Waals surface area (Å²) in [4.78, 5) is 25.7. The predicted molar refractivity (Wildman–Crippen MR) is 78.4 cm³/mol. The standard InChI is InChI=1S/C14H24N4O3/c1-3-21-13(19)10-6-16-14(20)17-12(10)8-18-5-4-11(15)9(2)7-18/h9,11H,3-8,15H2,1-2H3,(H2,16,17,20). The molecule has 2 heterocycles. The van der Waals surface area contributed by atoms with E-state index in [1.807, 2.05) is 0 Å². The first-order valence-electron chi connectivity index (χ1n) is 7.43. The van der Waals surface area contributed by atoms with Gasteiger partial charge in [-0.3, -0.25) is 4.90 Å². The highest BCUT2D eigenvalue weighted by Gasteiger charge is 2.28. The Labute approximate surface area is 124 Å². The highest BCUT2D eigenvalue weighted by molar-refractivity contribution is 5.93. The normalized spacial score (nSPS) is 27.1. The van der Waals surface area contributed by atoms with E-state index in [-0.39, 0.29) is 24.6 Å². The number of urea groups is 1. The van der Waals surface area contributed by atoms with Crippen molar-refractivity contribution in [2.75, 3.05) is 32.8 Å². The quantitative estimate of drug-likeness (QED) is 0.624. The van der Waals surface area contributed by atoms with Gasteiger partial charge in [0, 0.05) is 31.4 Å². The first-order valence-corrected chi connectivity index (χ1v) is 7.43. The van der Waals surface area contributed by atoms with Gasteiger partial charge in [-0.05, 0) is 19.3 Å². The molecule has 7 heteroatoms. The van der Waals surface area contributed by atoms with Crippen molar-refractivity contribution >= 4 is 12.0 Å². The SMILES string of the molecule is CCOC(=O)C1=C(CN2CCC(N)C(C)C2)NC(=O)NC1. The Balaban J connectivity index is 2.09. The van der Waals surface area contributed by atoms with Gasteiger partial charge in [0.1, 0.15) is 0 Å². The zero-order valence-electron chi connectivity index (χ0n) is 12.6. The molecule has 1 fully saturated rings. The van der Waals surface area contributed by atoms with Gasteiger partial charge in [0.25, 0.3) is 0 Å². The van der Waals surface area contributed by atoms with Crippen molar-refractivity contribution in [3.63, 3.8) is 0 Å². The number of nitrogens with one attached hydrogen (secondary N) is 2. The van der Waals surface area contributed by atoms with Crippen LogP contribution in [0.4, 0.5) is 4.79 Å². The number of amides is 2. The molecule has 2 unspecified atom stereocenters. The molecule has 0 aromatic rings. The van der Waals surface area contributed by atoms with Crippen molar-refractivity contribution in [2.45, 2.75) is 26.3 Å². The second kappa shape index (κ2) is 6.91. The molecule has 7 nitrogen and oxygen atoms in total. The van der Waals surface area contributed by atoms with E-state index in [1.54, 1.807) is 6.92 Å². The van der Waals surface area contributed by atoms with Crippen LogP contribution in [0.5, 0.6) is 0 Å². The van der Waals surface area contributed by atoms with Crippen molar-refractivity contribution in [1.29, 1.82) is 0 Å². The van der Waals surface area contributed by atoms with Gasteiger partial charge in [0.15, 0.2) is 0 Å². The Morgan fingerprint density at radius 1 is 1.52 bits per heavy atom. The monoisotopic (exact) mass is 296 g/mol. The molecule has 1 saturated heterocycles. The lowest BCUT2D eigenvalue weighted by atomic mass is 9.94. The Bertz CT molecular complexity index is 450. The van der Waals surface area contributed by atoms with E-state index < -0.39 is 0 Å². The van der Waals surface area contributed by atoms with Crippen LogP contribution in [0.15, 0.2) is 11.3 Å². The maximum Gasteiger partial charge on any atom is 0.337 e. The van der Waals surface area contributed by atoms with E-state index in [4.69, 9.17) is 10.5 Å². The molecule has 118 valence electrons. The highest BCUT2D eigenvalue weighted by atomic mass is 16.5. The summed E-state index contributed by atoms with van der Waals surface area (Å²) in [5.41, 5.74) is 7.16. The average molecular weight is 296 g/mol. The molecule has 21 heavy (non-hydrogen) atoms. The Morgan fingerprint density at radius 2 is 2.29 bits per heavy atom. The minimum Gasteiger partial charge on any atom is -0.463 e. The van der Waals surface area contributed by atoms with Crippen LogP contribution < -0.4 is 16.4 Å². The van der Waals surface area contributed by atoms with Gasteiger partial charge in [0.05, 0.1) is 18.7 Å². The number of nitrogens with two attached hydrogens (primary N) is 1. The molecule has 0 saturated carbocycles. The van der Waals surface area contributed by atoms with Crippen molar-refractivity contribution < 1.29 is 14.3 Å². The molecule has 4 N–H and O–H groups in total. The number of rotatable bonds is 4. The molecule has 0 bridgehead atoms. The van der Waals surface area contributed by atoms with Crippen molar-refractivity contribution in [3.05, 3.63) is 11.3 Å². The van der Waals surface area contributed by atoms with E-state index in [9.17, 15) is 9.59 Å². The molecule has 0 aliphatic carbocycles. The predicted octanol–water partition coefficient (Wildman–Crippen LogP) is -0.214. The number of hydrogen-bond donors (Lipinski definition) is 3. The number of hydrogen-bond acceptors (Lipinski definition) is 5. The van der Waals surface area contributed by atoms with E-state index in [1.165, 1.54) is 0 Å². The summed E-state index contributed by atoms with van der Waals surface area (Å²) >= 11 is 0. The van der Waals surface area contributed by atoms with E-state index >= 15 is 0 Å². The van der Waals surface area contributed by atoms with E-state index in [2.05, 4.69) is 22.5 Å². The first kappa shape index (κ1) is 15.8. The Hall–Kier alpha value is -1.60. The zero-order valence-corrected chi connectivity index (χ0v) is 12.6. The number of ether oxygens (including phenoxy) is 1. The minimum atomic E-state index is -0.373. The molecule has 2 atom stereocenters. The van der Waals surface area contributed by atoms with E-state index in [0.29, 0.717) is 30.3 Å². The topological polar surface area (TPSA) is 96.7 Å². The highest BCUT2D eigenvalue weighted by Crippen LogP contribution is 2.17. The third-order valence-corrected chi connectivity index (χ3v) is 4.01. The smallest absolute Gasteiger partial charge is 0.337 e. The van der Waals surface area contributed by atoms with E-state index in [0.717, 1.165) is 19.5 Å². The molecule has 0 aromatic carbocycles. The van der Waals surface area contributed by atoms with Crippen LogP contribution in [0.3, 0.4) is 0 Å². The van der Waals surface area contributed by atoms with Crippen LogP contribution in [0.25, 0.3) is 0 Å². The molecule has 0 aromatic heterocycles. The average Bonchev–Trinajstić information content (AvgIpc) is 2.43. The van der Waals surface area contributed by atoms with Crippen molar-refractivity contribution in [2.24, 2.45) is 11.7 Å². The largest absolute Gasteiger partial charge is 0.463 e. The molecule has 2 aliphatic rings. The van der Waals surface area contributed by atoms with Gasteiger partial charge in [-0.25, -0.2) is 9.59 Å². The summed E-state index contributed by atoms with van der Waals surface area (Å²) in [5.74, 6) is 0.0320. The van der Waals surface area contributed by atoms with Gasteiger partial charge < -0.3 is 21.1 Å². The molecular formula is C14H24N4O3. The molecule has 0 radical (unpaired) electrons. The van der Waals surface area contributed by atoms with Gasteiger partial charge in [-0.15, -0.1) is 0 Å². The summed E-state index contributed by atoms with van der Waals surface area (Å²) < 4.78 is 5.05. The van der Waals surface area contributed by atoms with Crippen molar-refractivity contribution in [3.8, 4) is 0 Å². The number of carbonyl (C=O) groups excluding carboxylic acids is 2. The zero-order chi connectivity index (χ0) is 15.4. The van der Waals surface area contributed by atoms with Crippen LogP contribution in [0.1, 0.15) is 20.3 Å². The number of carbonyl (C=O) groups is 2. The molecule has 0 spiro atoms. The first-order chi connectivity index (χ1) is 10.0. The molecule has 2 aliphatic heterocycles. The third kappa shape index (κ3) is 3.95. The number of nitrogens with zero attached hydrogens (tertiary/aromatic N) is 1. The summed E-state index contributed by atoms with van der Waals surface area (Å²) in [7, 11) is 0. The summed E-state index contributed by atoms with van der Waals surface area (Å²) in [5, 5.41) is 5.34. The second-order valence-corrected chi connectivity index (χ2v) is 5.65. The van der Waals surface area contributed by atoms with Gasteiger partial charge in [-0.2, -0.15) is 0 Å². The van der Waals surface area contributed by atoms with Crippen LogP contribution in [-0.4, -0.2) is 55.7 Å². The minimum absolute atomic E-state index is 0.211. The van der Waals surface area contributed by atoms with Gasteiger partial charge in [-0.1, -0.05) is 6.92 Å². The van der Waals surface area contributed by atoms with Crippen LogP contribution in [0.2, 0.25) is 0 Å². The Kier molecular flexibility index (Phi) is 5.19. The Morgan fingerprint density at radius 3 is 2.95 bits per heavy atom. The fraction of sp³-hybridized carbons (Fsp3) is 0.714. The van der Waals surface area contributed by atoms with Crippen LogP contribution >= 0.6 is 0 Å². The maximum absolute atomic E-state index is 12.0. The molecular weight excluding hydrogens is 272 g/mol. The van der Waals surface area contributed by atoms with Crippen molar-refractivity contribution in [1.82, 2.24) is 15.5 Å². The van der Waals surface area contributed by atoms with Crippen LogP contribution in [-0.2, 0) is 9.53 Å². The summed E-state index contributed by atoms with van der Waals surface area (Å²) in [6.45, 7) is 6.69. The molecule has 2 rings (SSSR count). The summed E-state index contributed by atoms with van der Waals surface area (Å²) in [6.07, 6.45) is 0.926. The lowest BCUT2D eigenvalue weighted by Crippen LogP contribution is -2.50. The number of piperidine rings is 1.